The number of rotatable bonds is 6. The summed E-state index contributed by atoms with van der Waals surface area (Å²) in [7, 11) is 0. The molecular formula is C31H38N2O6. The summed E-state index contributed by atoms with van der Waals surface area (Å²) in [6.45, 7) is 8.16. The Balaban J connectivity index is 1.31. The van der Waals surface area contributed by atoms with Gasteiger partial charge in [0.2, 0.25) is 5.43 Å². The van der Waals surface area contributed by atoms with Crippen molar-refractivity contribution in [1.82, 2.24) is 9.80 Å². The standard InChI is InChI=1S/C31H38N2O6/c1-19-7-5-8-20(2)32(19)29(34)17-37-23-11-13-25-27(15-23)39-28-16-24(12-14-26(28)31(25)36)38-18-30(35)33-21(3)9-6-10-22(33)4/h11-16,19-22H,5-10,17-18H2,1-4H3. The molecule has 1 aromatic heterocycles. The molecule has 3 heterocycles. The highest BCUT2D eigenvalue weighted by atomic mass is 16.5. The van der Waals surface area contributed by atoms with E-state index in [9.17, 15) is 14.4 Å². The fourth-order valence-electron chi connectivity index (χ4n) is 6.26. The van der Waals surface area contributed by atoms with Crippen LogP contribution < -0.4 is 14.9 Å². The maximum Gasteiger partial charge on any atom is 0.260 e. The zero-order valence-electron chi connectivity index (χ0n) is 23.3. The first-order valence-electron chi connectivity index (χ1n) is 14.1. The smallest absolute Gasteiger partial charge is 0.260 e. The SMILES string of the molecule is CC1CCCC(C)N1C(=O)COc1ccc2c(=O)c3ccc(OCC(=O)N4C(C)CCCC4C)cc3oc2c1. The van der Waals surface area contributed by atoms with Gasteiger partial charge in [-0.15, -0.1) is 0 Å². The van der Waals surface area contributed by atoms with E-state index in [1.54, 1.807) is 36.4 Å². The van der Waals surface area contributed by atoms with E-state index in [0.717, 1.165) is 38.5 Å². The van der Waals surface area contributed by atoms with Crippen LogP contribution in [0.1, 0.15) is 66.2 Å². The Morgan fingerprint density at radius 3 is 1.49 bits per heavy atom. The highest BCUT2D eigenvalue weighted by Crippen LogP contribution is 2.27. The molecule has 3 aromatic rings. The van der Waals surface area contributed by atoms with Crippen LogP contribution in [0.5, 0.6) is 11.5 Å². The van der Waals surface area contributed by atoms with Gasteiger partial charge in [0.05, 0.1) is 10.8 Å². The van der Waals surface area contributed by atoms with Crippen LogP contribution in [0.4, 0.5) is 0 Å². The van der Waals surface area contributed by atoms with Crippen molar-refractivity contribution in [3.63, 3.8) is 0 Å². The number of hydrogen-bond acceptors (Lipinski definition) is 6. The van der Waals surface area contributed by atoms with E-state index in [1.807, 2.05) is 9.80 Å². The summed E-state index contributed by atoms with van der Waals surface area (Å²) in [6, 6.07) is 10.8. The van der Waals surface area contributed by atoms with Crippen LogP contribution >= 0.6 is 0 Å². The van der Waals surface area contributed by atoms with Crippen LogP contribution in [0.3, 0.4) is 0 Å². The summed E-state index contributed by atoms with van der Waals surface area (Å²) in [5, 5.41) is 0.854. The Morgan fingerprint density at radius 2 is 1.10 bits per heavy atom. The normalized spacial score (nSPS) is 23.7. The number of carbonyl (C=O) groups excluding carboxylic acids is 2. The molecule has 0 saturated carbocycles. The van der Waals surface area contributed by atoms with Gasteiger partial charge >= 0.3 is 0 Å². The van der Waals surface area contributed by atoms with Crippen LogP contribution in [0, 0.1) is 0 Å². The Kier molecular flexibility index (Phi) is 7.82. The van der Waals surface area contributed by atoms with Gasteiger partial charge < -0.3 is 23.7 Å². The molecule has 2 amide bonds. The van der Waals surface area contributed by atoms with E-state index in [2.05, 4.69) is 27.7 Å². The van der Waals surface area contributed by atoms with E-state index in [1.165, 1.54) is 0 Å². The van der Waals surface area contributed by atoms with Crippen LogP contribution in [0.25, 0.3) is 21.9 Å². The number of ether oxygens (including phenoxy) is 2. The van der Waals surface area contributed by atoms with Gasteiger partial charge in [-0.1, -0.05) is 0 Å². The topological polar surface area (TPSA) is 89.3 Å². The number of amides is 2. The summed E-state index contributed by atoms with van der Waals surface area (Å²) in [4.78, 5) is 42.7. The average molecular weight is 535 g/mol. The summed E-state index contributed by atoms with van der Waals surface area (Å²) in [5.74, 6) is 0.829. The van der Waals surface area contributed by atoms with E-state index in [0.29, 0.717) is 33.4 Å². The quantitative estimate of drug-likeness (QED) is 0.400. The van der Waals surface area contributed by atoms with Crippen molar-refractivity contribution in [1.29, 1.82) is 0 Å². The fourth-order valence-corrected chi connectivity index (χ4v) is 6.26. The maximum atomic E-state index is 13.1. The van der Waals surface area contributed by atoms with E-state index >= 15 is 0 Å². The molecule has 5 rings (SSSR count). The molecule has 0 aliphatic carbocycles. The van der Waals surface area contributed by atoms with Crippen molar-refractivity contribution in [2.75, 3.05) is 13.2 Å². The van der Waals surface area contributed by atoms with Crippen molar-refractivity contribution < 1.29 is 23.5 Å². The minimum atomic E-state index is -0.163. The second-order valence-corrected chi connectivity index (χ2v) is 11.2. The van der Waals surface area contributed by atoms with Gasteiger partial charge in [0.1, 0.15) is 22.7 Å². The number of likely N-dealkylation sites (tertiary alicyclic amines) is 2. The highest BCUT2D eigenvalue weighted by Gasteiger charge is 2.30. The number of nitrogens with zero attached hydrogens (tertiary/aromatic N) is 2. The van der Waals surface area contributed by atoms with E-state index in [-0.39, 0.29) is 54.6 Å². The van der Waals surface area contributed by atoms with Gasteiger partial charge in [-0.2, -0.15) is 0 Å². The lowest BCUT2D eigenvalue weighted by Gasteiger charge is -2.38. The number of benzene rings is 2. The predicted octanol–water partition coefficient (Wildman–Crippen LogP) is 5.28. The van der Waals surface area contributed by atoms with Gasteiger partial charge in [-0.3, -0.25) is 14.4 Å². The number of hydrogen-bond donors (Lipinski definition) is 0. The van der Waals surface area contributed by atoms with Gasteiger partial charge in [0.15, 0.2) is 13.2 Å². The first-order valence-corrected chi connectivity index (χ1v) is 14.1. The van der Waals surface area contributed by atoms with Gasteiger partial charge in [-0.25, -0.2) is 0 Å². The second kappa shape index (κ2) is 11.3. The minimum absolute atomic E-state index is 0.0422. The monoisotopic (exact) mass is 534 g/mol. The Hall–Kier alpha value is -3.55. The zero-order valence-corrected chi connectivity index (χ0v) is 23.3. The minimum Gasteiger partial charge on any atom is -0.484 e. The molecule has 208 valence electrons. The Morgan fingerprint density at radius 1 is 0.718 bits per heavy atom. The van der Waals surface area contributed by atoms with Crippen molar-refractivity contribution in [3.8, 4) is 11.5 Å². The Bertz CT molecular complexity index is 1310. The molecular weight excluding hydrogens is 496 g/mol. The first-order chi connectivity index (χ1) is 18.7. The van der Waals surface area contributed by atoms with Gasteiger partial charge in [0, 0.05) is 36.3 Å². The molecule has 4 unspecified atom stereocenters. The van der Waals surface area contributed by atoms with Crippen molar-refractivity contribution in [3.05, 3.63) is 46.6 Å². The molecule has 8 heteroatoms. The van der Waals surface area contributed by atoms with Crippen molar-refractivity contribution in [2.24, 2.45) is 0 Å². The predicted molar refractivity (Wildman–Crippen MR) is 150 cm³/mol. The number of carbonyl (C=O) groups is 2. The average Bonchev–Trinajstić information content (AvgIpc) is 2.90. The molecule has 39 heavy (non-hydrogen) atoms. The third kappa shape index (κ3) is 5.60. The molecule has 2 fully saturated rings. The molecule has 0 spiro atoms. The van der Waals surface area contributed by atoms with Crippen LogP contribution in [-0.2, 0) is 9.59 Å². The second-order valence-electron chi connectivity index (χ2n) is 11.2. The Labute approximate surface area is 228 Å². The van der Waals surface area contributed by atoms with Crippen LogP contribution in [0.2, 0.25) is 0 Å². The lowest BCUT2D eigenvalue weighted by atomic mass is 9.97. The van der Waals surface area contributed by atoms with E-state index < -0.39 is 0 Å². The largest absolute Gasteiger partial charge is 0.484 e. The third-order valence-corrected chi connectivity index (χ3v) is 8.30. The number of piperidine rings is 2. The molecule has 8 nitrogen and oxygen atoms in total. The number of fused-ring (bicyclic) bond motifs is 2. The molecule has 2 aliphatic rings. The van der Waals surface area contributed by atoms with Crippen LogP contribution in [-0.4, -0.2) is 59.0 Å². The summed E-state index contributed by atoms with van der Waals surface area (Å²) in [5.41, 5.74) is 0.561. The first kappa shape index (κ1) is 27.0. The van der Waals surface area contributed by atoms with Gasteiger partial charge in [0.25, 0.3) is 11.8 Å². The van der Waals surface area contributed by atoms with Gasteiger partial charge in [-0.05, 0) is 90.5 Å². The van der Waals surface area contributed by atoms with Crippen molar-refractivity contribution in [2.45, 2.75) is 90.4 Å². The molecule has 2 aliphatic heterocycles. The molecule has 0 bridgehead atoms. The lowest BCUT2D eigenvalue weighted by Crippen LogP contribution is -2.49. The molecule has 0 N–H and O–H groups in total. The van der Waals surface area contributed by atoms with Crippen molar-refractivity contribution >= 4 is 33.8 Å². The maximum absolute atomic E-state index is 13.1. The third-order valence-electron chi connectivity index (χ3n) is 8.30. The fraction of sp³-hybridized carbons (Fsp3) is 0.516. The molecule has 2 aromatic carbocycles. The molecule has 4 atom stereocenters. The summed E-state index contributed by atoms with van der Waals surface area (Å²) < 4.78 is 17.7. The molecule has 2 saturated heterocycles. The zero-order chi connectivity index (χ0) is 27.7. The van der Waals surface area contributed by atoms with Crippen LogP contribution in [0.15, 0.2) is 45.6 Å². The summed E-state index contributed by atoms with van der Waals surface area (Å²) >= 11 is 0. The highest BCUT2D eigenvalue weighted by molar-refractivity contribution is 5.91. The summed E-state index contributed by atoms with van der Waals surface area (Å²) in [6.07, 6.45) is 6.26. The van der Waals surface area contributed by atoms with E-state index in [4.69, 9.17) is 13.9 Å². The lowest BCUT2D eigenvalue weighted by molar-refractivity contribution is -0.140. The molecule has 0 radical (unpaired) electrons.